The summed E-state index contributed by atoms with van der Waals surface area (Å²) in [5, 5.41) is 17.2. The van der Waals surface area contributed by atoms with Gasteiger partial charge in [0.2, 0.25) is 0 Å². The van der Waals surface area contributed by atoms with E-state index >= 15 is 0 Å². The van der Waals surface area contributed by atoms with E-state index in [1.807, 2.05) is 6.92 Å². The molecule has 1 unspecified atom stereocenters. The minimum atomic E-state index is -0.944. The molecule has 0 spiro atoms. The van der Waals surface area contributed by atoms with Crippen LogP contribution in [0.15, 0.2) is 23.3 Å². The second-order valence-electron chi connectivity index (χ2n) is 3.56. The maximum absolute atomic E-state index is 10.5. The highest BCUT2D eigenvalue weighted by Gasteiger charge is 2.04. The molecule has 4 heteroatoms. The minimum absolute atomic E-state index is 0.0235. The van der Waals surface area contributed by atoms with Crippen LogP contribution in [-0.4, -0.2) is 22.2 Å². The molecule has 0 saturated carbocycles. The molecule has 0 aliphatic rings. The van der Waals surface area contributed by atoms with Gasteiger partial charge >= 0.3 is 11.9 Å². The fourth-order valence-electron chi connectivity index (χ4n) is 1.02. The summed E-state index contributed by atoms with van der Waals surface area (Å²) in [4.78, 5) is 21.0. The molecule has 0 fully saturated rings. The number of carboxylic acid groups (broad SMARTS) is 2. The van der Waals surface area contributed by atoms with Crippen LogP contribution in [0, 0.1) is 5.92 Å². The van der Waals surface area contributed by atoms with Crippen LogP contribution in [0.5, 0.6) is 0 Å². The fourth-order valence-corrected chi connectivity index (χ4v) is 1.02. The lowest BCUT2D eigenvalue weighted by atomic mass is 10.0. The number of allylic oxidation sites excluding steroid dienone is 2. The Hall–Kier alpha value is -1.58. The van der Waals surface area contributed by atoms with Gasteiger partial charge in [-0.3, -0.25) is 0 Å². The van der Waals surface area contributed by atoms with Gasteiger partial charge in [0, 0.05) is 11.1 Å². The highest BCUT2D eigenvalue weighted by molar-refractivity contribution is 5.86. The van der Waals surface area contributed by atoms with Crippen molar-refractivity contribution in [1.29, 1.82) is 0 Å². The maximum Gasteiger partial charge on any atom is 0.330 e. The van der Waals surface area contributed by atoms with Crippen molar-refractivity contribution in [2.75, 3.05) is 0 Å². The number of carboxylic acids is 2. The molecule has 0 rings (SSSR count). The van der Waals surface area contributed by atoms with Crippen LogP contribution in [0.4, 0.5) is 0 Å². The Bertz CT molecular complexity index is 313. The predicted molar refractivity (Wildman–Crippen MR) is 56.6 cm³/mol. The van der Waals surface area contributed by atoms with Crippen LogP contribution in [0.2, 0.25) is 0 Å². The smallest absolute Gasteiger partial charge is 0.330 e. The van der Waals surface area contributed by atoms with E-state index in [1.165, 1.54) is 13.8 Å². The monoisotopic (exact) mass is 212 g/mol. The SMILES string of the molecule is CC(=CCC(C)C=C(C)C(=O)O)C(=O)O. The molecule has 84 valence electrons. The summed E-state index contributed by atoms with van der Waals surface area (Å²) < 4.78 is 0. The Morgan fingerprint density at radius 1 is 1.13 bits per heavy atom. The Balaban J connectivity index is 4.34. The van der Waals surface area contributed by atoms with E-state index in [9.17, 15) is 9.59 Å². The first-order chi connectivity index (χ1) is 6.84. The second-order valence-corrected chi connectivity index (χ2v) is 3.56. The van der Waals surface area contributed by atoms with Gasteiger partial charge in [-0.25, -0.2) is 9.59 Å². The Kier molecular flexibility index (Phi) is 5.37. The lowest BCUT2D eigenvalue weighted by Crippen LogP contribution is -2.00. The number of hydrogen-bond donors (Lipinski definition) is 2. The average molecular weight is 212 g/mol. The van der Waals surface area contributed by atoms with E-state index < -0.39 is 11.9 Å². The van der Waals surface area contributed by atoms with E-state index in [2.05, 4.69) is 0 Å². The molecule has 1 atom stereocenters. The van der Waals surface area contributed by atoms with Crippen LogP contribution in [0.1, 0.15) is 27.2 Å². The van der Waals surface area contributed by atoms with E-state index in [1.54, 1.807) is 12.2 Å². The van der Waals surface area contributed by atoms with Crippen LogP contribution in [-0.2, 0) is 9.59 Å². The van der Waals surface area contributed by atoms with Gasteiger partial charge in [-0.05, 0) is 26.2 Å². The van der Waals surface area contributed by atoms with Crippen molar-refractivity contribution >= 4 is 11.9 Å². The predicted octanol–water partition coefficient (Wildman–Crippen LogP) is 2.07. The first-order valence-electron chi connectivity index (χ1n) is 4.66. The quantitative estimate of drug-likeness (QED) is 0.684. The minimum Gasteiger partial charge on any atom is -0.478 e. The highest BCUT2D eigenvalue weighted by atomic mass is 16.4. The van der Waals surface area contributed by atoms with Crippen LogP contribution in [0.3, 0.4) is 0 Å². The first kappa shape index (κ1) is 13.4. The van der Waals surface area contributed by atoms with E-state index in [4.69, 9.17) is 10.2 Å². The van der Waals surface area contributed by atoms with Crippen LogP contribution >= 0.6 is 0 Å². The van der Waals surface area contributed by atoms with Crippen molar-refractivity contribution in [2.24, 2.45) is 5.92 Å². The van der Waals surface area contributed by atoms with Crippen molar-refractivity contribution in [3.63, 3.8) is 0 Å². The number of rotatable bonds is 5. The van der Waals surface area contributed by atoms with Crippen molar-refractivity contribution in [2.45, 2.75) is 27.2 Å². The van der Waals surface area contributed by atoms with Crippen molar-refractivity contribution in [1.82, 2.24) is 0 Å². The van der Waals surface area contributed by atoms with Crippen LogP contribution < -0.4 is 0 Å². The standard InChI is InChI=1S/C11H16O4/c1-7(6-9(3)11(14)15)4-5-8(2)10(12)13/h5-7H,4H2,1-3H3,(H,12,13)(H,14,15). The zero-order chi connectivity index (χ0) is 12.0. The fraction of sp³-hybridized carbons (Fsp3) is 0.455. The summed E-state index contributed by atoms with van der Waals surface area (Å²) in [5.41, 5.74) is 0.562. The van der Waals surface area contributed by atoms with Gasteiger partial charge in [0.15, 0.2) is 0 Å². The number of hydrogen-bond acceptors (Lipinski definition) is 2. The van der Waals surface area contributed by atoms with Gasteiger partial charge in [-0.2, -0.15) is 0 Å². The molecule has 0 aromatic carbocycles. The first-order valence-corrected chi connectivity index (χ1v) is 4.66. The average Bonchev–Trinajstić information content (AvgIpc) is 2.13. The van der Waals surface area contributed by atoms with Gasteiger partial charge in [-0.15, -0.1) is 0 Å². The van der Waals surface area contributed by atoms with Gasteiger partial charge in [0.1, 0.15) is 0 Å². The topological polar surface area (TPSA) is 74.6 Å². The molecular weight excluding hydrogens is 196 g/mol. The third-order valence-corrected chi connectivity index (χ3v) is 2.01. The molecule has 0 radical (unpaired) electrons. The maximum atomic E-state index is 10.5. The van der Waals surface area contributed by atoms with Crippen molar-refractivity contribution < 1.29 is 19.8 Å². The van der Waals surface area contributed by atoms with E-state index in [0.29, 0.717) is 6.42 Å². The molecule has 0 aromatic rings. The van der Waals surface area contributed by atoms with Gasteiger partial charge < -0.3 is 10.2 Å². The largest absolute Gasteiger partial charge is 0.478 e. The normalized spacial score (nSPS) is 14.9. The summed E-state index contributed by atoms with van der Waals surface area (Å²) in [6.45, 7) is 4.88. The summed E-state index contributed by atoms with van der Waals surface area (Å²) >= 11 is 0. The zero-order valence-corrected chi connectivity index (χ0v) is 9.15. The molecule has 0 saturated heterocycles. The summed E-state index contributed by atoms with van der Waals surface area (Å²) in [6, 6.07) is 0. The molecule has 4 nitrogen and oxygen atoms in total. The van der Waals surface area contributed by atoms with Gasteiger partial charge in [-0.1, -0.05) is 19.1 Å². The third-order valence-electron chi connectivity index (χ3n) is 2.01. The number of aliphatic carboxylic acids is 2. The lowest BCUT2D eigenvalue weighted by Gasteiger charge is -2.03. The molecule has 0 aromatic heterocycles. The molecule has 0 amide bonds. The molecule has 2 N–H and O–H groups in total. The van der Waals surface area contributed by atoms with E-state index in [-0.39, 0.29) is 17.1 Å². The zero-order valence-electron chi connectivity index (χ0n) is 9.15. The van der Waals surface area contributed by atoms with Crippen LogP contribution in [0.25, 0.3) is 0 Å². The Labute approximate surface area is 88.9 Å². The van der Waals surface area contributed by atoms with Gasteiger partial charge in [0.05, 0.1) is 0 Å². The van der Waals surface area contributed by atoms with Crippen molar-refractivity contribution in [3.8, 4) is 0 Å². The third kappa shape index (κ3) is 5.67. The van der Waals surface area contributed by atoms with E-state index in [0.717, 1.165) is 0 Å². The molecule has 0 aliphatic carbocycles. The summed E-state index contributed by atoms with van der Waals surface area (Å²) in [6.07, 6.45) is 3.75. The number of carbonyl (C=O) groups is 2. The lowest BCUT2D eigenvalue weighted by molar-refractivity contribution is -0.133. The molecule has 0 bridgehead atoms. The molecular formula is C11H16O4. The molecule has 0 aliphatic heterocycles. The summed E-state index contributed by atoms with van der Waals surface area (Å²) in [7, 11) is 0. The summed E-state index contributed by atoms with van der Waals surface area (Å²) in [5.74, 6) is -1.86. The molecule has 15 heavy (non-hydrogen) atoms. The highest BCUT2D eigenvalue weighted by Crippen LogP contribution is 2.10. The molecule has 0 heterocycles. The van der Waals surface area contributed by atoms with Crippen molar-refractivity contribution in [3.05, 3.63) is 23.3 Å². The second kappa shape index (κ2) is 6.01. The van der Waals surface area contributed by atoms with Gasteiger partial charge in [0.25, 0.3) is 0 Å². The Morgan fingerprint density at radius 3 is 2.00 bits per heavy atom. The Morgan fingerprint density at radius 2 is 1.60 bits per heavy atom.